The van der Waals surface area contributed by atoms with Crippen molar-refractivity contribution in [3.05, 3.63) is 52.5 Å². The van der Waals surface area contributed by atoms with Gasteiger partial charge in [0, 0.05) is 4.47 Å². The van der Waals surface area contributed by atoms with Gasteiger partial charge in [0.25, 0.3) is 0 Å². The van der Waals surface area contributed by atoms with Crippen LogP contribution in [0.5, 0.6) is 17.2 Å². The maximum atomic E-state index is 5.59. The molecule has 1 aliphatic heterocycles. The van der Waals surface area contributed by atoms with Crippen LogP contribution in [-0.4, -0.2) is 20.0 Å². The number of hydrogen-bond donors (Lipinski definition) is 0. The quantitative estimate of drug-likeness (QED) is 0.743. The number of benzene rings is 2. The van der Waals surface area contributed by atoms with E-state index in [2.05, 4.69) is 15.9 Å². The standard InChI is InChI=1S/C16H15BrO4/c17-13-2-4-14(5-3-13)19-8-7-18-10-12-1-6-15-16(9-12)21-11-20-15/h1-6,9H,7-8,10-11H2. The molecule has 0 saturated carbocycles. The number of fused-ring (bicyclic) bond motifs is 1. The molecule has 0 unspecified atom stereocenters. The largest absolute Gasteiger partial charge is 0.491 e. The van der Waals surface area contributed by atoms with Crippen molar-refractivity contribution in [3.63, 3.8) is 0 Å². The first kappa shape index (κ1) is 14.2. The second kappa shape index (κ2) is 6.83. The summed E-state index contributed by atoms with van der Waals surface area (Å²) in [5.74, 6) is 2.41. The molecule has 0 saturated heterocycles. The average Bonchev–Trinajstić information content (AvgIpc) is 2.96. The minimum Gasteiger partial charge on any atom is -0.491 e. The van der Waals surface area contributed by atoms with Gasteiger partial charge >= 0.3 is 0 Å². The average molecular weight is 351 g/mol. The molecule has 0 aliphatic carbocycles. The fourth-order valence-electron chi connectivity index (χ4n) is 1.97. The smallest absolute Gasteiger partial charge is 0.231 e. The Morgan fingerprint density at radius 3 is 2.62 bits per heavy atom. The van der Waals surface area contributed by atoms with E-state index >= 15 is 0 Å². The van der Waals surface area contributed by atoms with E-state index in [9.17, 15) is 0 Å². The van der Waals surface area contributed by atoms with Crippen molar-refractivity contribution >= 4 is 15.9 Å². The van der Waals surface area contributed by atoms with E-state index in [1.165, 1.54) is 0 Å². The predicted octanol–water partition coefficient (Wildman–Crippen LogP) is 3.77. The first-order valence-corrected chi connectivity index (χ1v) is 7.45. The van der Waals surface area contributed by atoms with E-state index in [4.69, 9.17) is 18.9 Å². The molecule has 0 radical (unpaired) electrons. The van der Waals surface area contributed by atoms with Gasteiger partial charge in [-0.05, 0) is 42.0 Å². The second-order valence-corrected chi connectivity index (χ2v) is 5.46. The Balaban J connectivity index is 1.39. The van der Waals surface area contributed by atoms with Gasteiger partial charge in [0.15, 0.2) is 11.5 Å². The topological polar surface area (TPSA) is 36.9 Å². The van der Waals surface area contributed by atoms with Crippen LogP contribution in [0.3, 0.4) is 0 Å². The number of halogens is 1. The zero-order valence-electron chi connectivity index (χ0n) is 11.4. The summed E-state index contributed by atoms with van der Waals surface area (Å²) >= 11 is 3.39. The van der Waals surface area contributed by atoms with Crippen LogP contribution in [0.2, 0.25) is 0 Å². The fourth-order valence-corrected chi connectivity index (χ4v) is 2.23. The van der Waals surface area contributed by atoms with Crippen LogP contribution >= 0.6 is 15.9 Å². The molecule has 110 valence electrons. The molecule has 21 heavy (non-hydrogen) atoms. The summed E-state index contributed by atoms with van der Waals surface area (Å²) in [6.07, 6.45) is 0. The Labute approximate surface area is 131 Å². The molecule has 3 rings (SSSR count). The molecule has 0 atom stereocenters. The molecule has 0 fully saturated rings. The Morgan fingerprint density at radius 2 is 1.76 bits per heavy atom. The van der Waals surface area contributed by atoms with Gasteiger partial charge in [-0.25, -0.2) is 0 Å². The molecule has 5 heteroatoms. The minimum atomic E-state index is 0.292. The van der Waals surface area contributed by atoms with Crippen LogP contribution in [0, 0.1) is 0 Å². The van der Waals surface area contributed by atoms with Crippen LogP contribution < -0.4 is 14.2 Å². The summed E-state index contributed by atoms with van der Waals surface area (Å²) in [5, 5.41) is 0. The van der Waals surface area contributed by atoms with Crippen LogP contribution in [0.1, 0.15) is 5.56 Å². The zero-order valence-corrected chi connectivity index (χ0v) is 13.0. The van der Waals surface area contributed by atoms with Gasteiger partial charge in [-0.2, -0.15) is 0 Å². The van der Waals surface area contributed by atoms with E-state index < -0.39 is 0 Å². The molecule has 0 spiro atoms. The highest BCUT2D eigenvalue weighted by molar-refractivity contribution is 9.10. The SMILES string of the molecule is Brc1ccc(OCCOCc2ccc3c(c2)OCO3)cc1. The molecule has 0 aromatic heterocycles. The maximum absolute atomic E-state index is 5.59. The third-order valence-electron chi connectivity index (χ3n) is 3.02. The molecule has 2 aromatic rings. The Hall–Kier alpha value is -1.72. The summed E-state index contributed by atoms with van der Waals surface area (Å²) in [7, 11) is 0. The van der Waals surface area contributed by atoms with Crippen LogP contribution in [0.25, 0.3) is 0 Å². The van der Waals surface area contributed by atoms with Gasteiger partial charge < -0.3 is 18.9 Å². The van der Waals surface area contributed by atoms with Gasteiger partial charge in [-0.15, -0.1) is 0 Å². The zero-order chi connectivity index (χ0) is 14.5. The minimum absolute atomic E-state index is 0.292. The van der Waals surface area contributed by atoms with Gasteiger partial charge in [0.05, 0.1) is 13.2 Å². The summed E-state index contributed by atoms with van der Waals surface area (Å²) in [4.78, 5) is 0. The van der Waals surface area contributed by atoms with Crippen molar-refractivity contribution in [1.29, 1.82) is 0 Å². The highest BCUT2D eigenvalue weighted by atomic mass is 79.9. The fraction of sp³-hybridized carbons (Fsp3) is 0.250. The normalized spacial score (nSPS) is 12.4. The number of hydrogen-bond acceptors (Lipinski definition) is 4. The Morgan fingerprint density at radius 1 is 0.952 bits per heavy atom. The number of ether oxygens (including phenoxy) is 4. The van der Waals surface area contributed by atoms with Crippen molar-refractivity contribution in [2.45, 2.75) is 6.61 Å². The number of rotatable bonds is 6. The van der Waals surface area contributed by atoms with Gasteiger partial charge in [-0.1, -0.05) is 22.0 Å². The van der Waals surface area contributed by atoms with Crippen LogP contribution in [0.4, 0.5) is 0 Å². The van der Waals surface area contributed by atoms with Crippen molar-refractivity contribution in [2.24, 2.45) is 0 Å². The van der Waals surface area contributed by atoms with E-state index in [-0.39, 0.29) is 0 Å². The molecule has 0 amide bonds. The molecule has 0 N–H and O–H groups in total. The monoisotopic (exact) mass is 350 g/mol. The maximum Gasteiger partial charge on any atom is 0.231 e. The molecule has 1 aliphatic rings. The lowest BCUT2D eigenvalue weighted by Crippen LogP contribution is -2.06. The predicted molar refractivity (Wildman–Crippen MR) is 81.9 cm³/mol. The lowest BCUT2D eigenvalue weighted by molar-refractivity contribution is 0.0888. The van der Waals surface area contributed by atoms with Crippen LogP contribution in [-0.2, 0) is 11.3 Å². The molecular weight excluding hydrogens is 336 g/mol. The molecule has 2 aromatic carbocycles. The van der Waals surface area contributed by atoms with E-state index in [1.54, 1.807) is 0 Å². The van der Waals surface area contributed by atoms with Crippen molar-refractivity contribution in [3.8, 4) is 17.2 Å². The van der Waals surface area contributed by atoms with Gasteiger partial charge in [0.2, 0.25) is 6.79 Å². The highest BCUT2D eigenvalue weighted by Crippen LogP contribution is 2.32. The molecular formula is C16H15BrO4. The summed E-state index contributed by atoms with van der Waals surface area (Å²) in [6.45, 7) is 1.87. The van der Waals surface area contributed by atoms with Crippen molar-refractivity contribution in [2.75, 3.05) is 20.0 Å². The van der Waals surface area contributed by atoms with Crippen molar-refractivity contribution in [1.82, 2.24) is 0 Å². The van der Waals surface area contributed by atoms with Gasteiger partial charge in [-0.3, -0.25) is 0 Å². The third-order valence-corrected chi connectivity index (χ3v) is 3.54. The first-order valence-electron chi connectivity index (χ1n) is 6.66. The molecule has 0 bridgehead atoms. The Kier molecular flexibility index (Phi) is 4.62. The van der Waals surface area contributed by atoms with Gasteiger partial charge in [0.1, 0.15) is 12.4 Å². The Bertz CT molecular complexity index is 598. The van der Waals surface area contributed by atoms with E-state index in [0.29, 0.717) is 26.6 Å². The second-order valence-electron chi connectivity index (χ2n) is 4.54. The third kappa shape index (κ3) is 3.89. The van der Waals surface area contributed by atoms with E-state index in [1.807, 2.05) is 42.5 Å². The summed E-state index contributed by atoms with van der Waals surface area (Å²) < 4.78 is 22.8. The summed E-state index contributed by atoms with van der Waals surface area (Å²) in [6, 6.07) is 13.6. The highest BCUT2D eigenvalue weighted by Gasteiger charge is 2.12. The molecule has 1 heterocycles. The summed E-state index contributed by atoms with van der Waals surface area (Å²) in [5.41, 5.74) is 1.06. The lowest BCUT2D eigenvalue weighted by atomic mass is 10.2. The van der Waals surface area contributed by atoms with E-state index in [0.717, 1.165) is 27.3 Å². The first-order chi connectivity index (χ1) is 10.3. The lowest BCUT2D eigenvalue weighted by Gasteiger charge is -2.08. The van der Waals surface area contributed by atoms with Crippen LogP contribution in [0.15, 0.2) is 46.9 Å². The van der Waals surface area contributed by atoms with Crippen molar-refractivity contribution < 1.29 is 18.9 Å². The molecule has 4 nitrogen and oxygen atoms in total.